The Kier molecular flexibility index (Phi) is 6.80. The van der Waals surface area contributed by atoms with E-state index in [4.69, 9.17) is 15.0 Å². The van der Waals surface area contributed by atoms with Gasteiger partial charge in [-0.2, -0.15) is 0 Å². The van der Waals surface area contributed by atoms with Crippen LogP contribution in [0.15, 0.2) is 170 Å². The number of hydrogen-bond acceptors (Lipinski definition) is 3. The van der Waals surface area contributed by atoms with Crippen molar-refractivity contribution in [2.45, 2.75) is 19.3 Å². The van der Waals surface area contributed by atoms with Gasteiger partial charge in [0.05, 0.1) is 11.0 Å². The van der Waals surface area contributed by atoms with Crippen molar-refractivity contribution in [3.05, 3.63) is 181 Å². The molecule has 0 fully saturated rings. The van der Waals surface area contributed by atoms with Crippen LogP contribution in [0.3, 0.4) is 0 Å². The summed E-state index contributed by atoms with van der Waals surface area (Å²) < 4.78 is 2.41. The highest BCUT2D eigenvalue weighted by Gasteiger charge is 2.37. The highest BCUT2D eigenvalue weighted by atomic mass is 15.0. The normalized spacial score (nSPS) is 13.0. The Morgan fingerprint density at radius 2 is 0.981 bits per heavy atom. The van der Waals surface area contributed by atoms with Gasteiger partial charge in [-0.15, -0.1) is 0 Å². The van der Waals surface area contributed by atoms with Crippen molar-refractivity contribution in [1.29, 1.82) is 0 Å². The first kappa shape index (κ1) is 30.2. The zero-order valence-electron chi connectivity index (χ0n) is 29.0. The molecule has 0 spiro atoms. The summed E-state index contributed by atoms with van der Waals surface area (Å²) in [4.78, 5) is 15.0. The van der Waals surface area contributed by atoms with Crippen LogP contribution in [0.1, 0.15) is 25.0 Å². The zero-order chi connectivity index (χ0) is 34.8. The lowest BCUT2D eigenvalue weighted by Gasteiger charge is -2.21. The molecule has 2 heterocycles. The third kappa shape index (κ3) is 4.72. The molecule has 7 aromatic carbocycles. The molecule has 0 atom stereocenters. The Morgan fingerprint density at radius 1 is 0.423 bits per heavy atom. The monoisotopic (exact) mass is 666 g/mol. The van der Waals surface area contributed by atoms with Crippen LogP contribution in [0.4, 0.5) is 0 Å². The SMILES string of the molecule is CC1(C)c2ccccc2-c2c1ccc1c2c2cc(-c3ccccc3)ccc2n1-c1cccc(-c2nc(-c3ccccc3)nc(-c3ccccc3)n2)c1. The first-order chi connectivity index (χ1) is 25.5. The molecule has 0 unspecified atom stereocenters. The van der Waals surface area contributed by atoms with E-state index in [0.717, 1.165) is 27.9 Å². The molecule has 52 heavy (non-hydrogen) atoms. The molecule has 10 rings (SSSR count). The Hall–Kier alpha value is -6.65. The quantitative estimate of drug-likeness (QED) is 0.184. The maximum atomic E-state index is 5.05. The van der Waals surface area contributed by atoms with E-state index in [1.54, 1.807) is 0 Å². The molecule has 0 amide bonds. The molecule has 4 heteroatoms. The van der Waals surface area contributed by atoms with Crippen molar-refractivity contribution in [2.24, 2.45) is 0 Å². The first-order valence-electron chi connectivity index (χ1n) is 17.8. The number of fused-ring (bicyclic) bond motifs is 7. The van der Waals surface area contributed by atoms with Crippen LogP contribution in [0.5, 0.6) is 0 Å². The topological polar surface area (TPSA) is 43.6 Å². The third-order valence-corrected chi connectivity index (χ3v) is 10.6. The Labute approximate surface area is 302 Å². The summed E-state index contributed by atoms with van der Waals surface area (Å²) in [5.41, 5.74) is 13.9. The second kappa shape index (κ2) is 11.7. The van der Waals surface area contributed by atoms with Crippen LogP contribution in [-0.2, 0) is 5.41 Å². The maximum Gasteiger partial charge on any atom is 0.164 e. The van der Waals surface area contributed by atoms with E-state index in [2.05, 4.69) is 128 Å². The number of hydrogen-bond donors (Lipinski definition) is 0. The van der Waals surface area contributed by atoms with Gasteiger partial charge in [0.2, 0.25) is 0 Å². The number of aromatic nitrogens is 4. The van der Waals surface area contributed by atoms with Crippen molar-refractivity contribution in [1.82, 2.24) is 19.5 Å². The van der Waals surface area contributed by atoms with Gasteiger partial charge < -0.3 is 4.57 Å². The highest BCUT2D eigenvalue weighted by molar-refractivity contribution is 6.18. The van der Waals surface area contributed by atoms with Gasteiger partial charge in [-0.1, -0.05) is 153 Å². The second-order valence-corrected chi connectivity index (χ2v) is 14.1. The Balaban J connectivity index is 1.22. The van der Waals surface area contributed by atoms with Gasteiger partial charge in [-0.05, 0) is 63.7 Å². The molecule has 2 aromatic heterocycles. The summed E-state index contributed by atoms with van der Waals surface area (Å²) in [6.45, 7) is 4.70. The van der Waals surface area contributed by atoms with E-state index < -0.39 is 0 Å². The van der Waals surface area contributed by atoms with E-state index in [0.29, 0.717) is 17.5 Å². The van der Waals surface area contributed by atoms with Gasteiger partial charge in [-0.3, -0.25) is 0 Å². The third-order valence-electron chi connectivity index (χ3n) is 10.6. The lowest BCUT2D eigenvalue weighted by atomic mass is 9.82. The number of benzene rings is 7. The minimum absolute atomic E-state index is 0.100. The maximum absolute atomic E-state index is 5.05. The van der Waals surface area contributed by atoms with Crippen LogP contribution >= 0.6 is 0 Å². The average Bonchev–Trinajstić information content (AvgIpc) is 3.67. The van der Waals surface area contributed by atoms with Gasteiger partial charge >= 0.3 is 0 Å². The number of nitrogens with zero attached hydrogens (tertiary/aromatic N) is 4. The molecular formula is C48H34N4. The minimum atomic E-state index is -0.100. The van der Waals surface area contributed by atoms with Gasteiger partial charge in [0.15, 0.2) is 17.5 Å². The standard InChI is InChI=1S/C48H34N4/c1-48(2)39-24-13-12-23-37(39)43-40(48)26-28-42-44(43)38-30-34(31-15-6-3-7-16-31)25-27-41(38)52(42)36-22-14-21-35(29-36)47-50-45(32-17-8-4-9-18-32)49-46(51-47)33-19-10-5-11-20-33/h3-30H,1-2H3. The van der Waals surface area contributed by atoms with Gasteiger partial charge in [0.1, 0.15) is 0 Å². The molecular weight excluding hydrogens is 633 g/mol. The molecule has 4 nitrogen and oxygen atoms in total. The fourth-order valence-corrected chi connectivity index (χ4v) is 8.11. The van der Waals surface area contributed by atoms with E-state index in [9.17, 15) is 0 Å². The summed E-state index contributed by atoms with van der Waals surface area (Å²) in [6.07, 6.45) is 0. The molecule has 0 saturated carbocycles. The van der Waals surface area contributed by atoms with Crippen molar-refractivity contribution < 1.29 is 0 Å². The van der Waals surface area contributed by atoms with E-state index in [1.165, 1.54) is 49.7 Å². The largest absolute Gasteiger partial charge is 0.309 e. The van der Waals surface area contributed by atoms with Crippen LogP contribution in [0.2, 0.25) is 0 Å². The average molecular weight is 667 g/mol. The van der Waals surface area contributed by atoms with Crippen LogP contribution < -0.4 is 0 Å². The fraction of sp³-hybridized carbons (Fsp3) is 0.0625. The van der Waals surface area contributed by atoms with Crippen molar-refractivity contribution in [2.75, 3.05) is 0 Å². The lowest BCUT2D eigenvalue weighted by Crippen LogP contribution is -2.14. The molecule has 0 N–H and O–H groups in total. The Morgan fingerprint density at radius 3 is 1.65 bits per heavy atom. The molecule has 246 valence electrons. The molecule has 1 aliphatic carbocycles. The van der Waals surface area contributed by atoms with Crippen molar-refractivity contribution >= 4 is 21.8 Å². The molecule has 0 bridgehead atoms. The number of rotatable bonds is 5. The minimum Gasteiger partial charge on any atom is -0.309 e. The summed E-state index contributed by atoms with van der Waals surface area (Å²) in [5.74, 6) is 1.94. The van der Waals surface area contributed by atoms with Gasteiger partial charge in [-0.25, -0.2) is 15.0 Å². The van der Waals surface area contributed by atoms with Crippen LogP contribution in [0, 0.1) is 0 Å². The van der Waals surface area contributed by atoms with Gasteiger partial charge in [0, 0.05) is 38.6 Å². The highest BCUT2D eigenvalue weighted by Crippen LogP contribution is 2.53. The molecule has 9 aromatic rings. The van der Waals surface area contributed by atoms with Crippen LogP contribution in [0.25, 0.3) is 83.9 Å². The zero-order valence-corrected chi connectivity index (χ0v) is 29.0. The predicted octanol–water partition coefficient (Wildman–Crippen LogP) is 11.9. The van der Waals surface area contributed by atoms with Crippen molar-refractivity contribution in [3.63, 3.8) is 0 Å². The fourth-order valence-electron chi connectivity index (χ4n) is 8.11. The predicted molar refractivity (Wildman–Crippen MR) is 213 cm³/mol. The summed E-state index contributed by atoms with van der Waals surface area (Å²) in [5, 5.41) is 2.52. The first-order valence-corrected chi connectivity index (χ1v) is 17.8. The summed E-state index contributed by atoms with van der Waals surface area (Å²) >= 11 is 0. The molecule has 0 radical (unpaired) electrons. The molecule has 0 aliphatic heterocycles. The van der Waals surface area contributed by atoms with Crippen molar-refractivity contribution in [3.8, 4) is 62.1 Å². The summed E-state index contributed by atoms with van der Waals surface area (Å²) in [7, 11) is 0. The second-order valence-electron chi connectivity index (χ2n) is 14.1. The van der Waals surface area contributed by atoms with E-state index >= 15 is 0 Å². The Bertz CT molecular complexity index is 2740. The van der Waals surface area contributed by atoms with Gasteiger partial charge in [0.25, 0.3) is 0 Å². The molecule has 1 aliphatic rings. The smallest absolute Gasteiger partial charge is 0.164 e. The van der Waals surface area contributed by atoms with E-state index in [-0.39, 0.29) is 5.41 Å². The lowest BCUT2D eigenvalue weighted by molar-refractivity contribution is 0.661. The molecule has 0 saturated heterocycles. The van der Waals surface area contributed by atoms with E-state index in [1.807, 2.05) is 60.7 Å². The van der Waals surface area contributed by atoms with Crippen LogP contribution in [-0.4, -0.2) is 19.5 Å². The summed E-state index contributed by atoms with van der Waals surface area (Å²) in [6, 6.07) is 60.1.